The maximum Gasteiger partial charge on any atom is 0.238 e. The number of primary sulfonamides is 1. The molecule has 7 heteroatoms. The smallest absolute Gasteiger partial charge is 0.238 e. The van der Waals surface area contributed by atoms with Crippen molar-refractivity contribution in [1.82, 2.24) is 9.78 Å². The number of hydrogen-bond acceptors (Lipinski definition) is 4. The first kappa shape index (κ1) is 14.5. The lowest BCUT2D eigenvalue weighted by atomic mass is 10.3. The molecule has 0 aliphatic carbocycles. The molecule has 0 fully saturated rings. The van der Waals surface area contributed by atoms with Gasteiger partial charge in [-0.3, -0.25) is 4.68 Å². The average molecular weight is 295 g/mol. The maximum atomic E-state index is 11.1. The lowest BCUT2D eigenvalue weighted by Gasteiger charge is -2.06. The summed E-state index contributed by atoms with van der Waals surface area (Å²) in [6.07, 6.45) is 0.872. The summed E-state index contributed by atoms with van der Waals surface area (Å²) in [6, 6.07) is 7.99. The Morgan fingerprint density at radius 2 is 1.95 bits per heavy atom. The largest absolute Gasteiger partial charge is 0.487 e. The van der Waals surface area contributed by atoms with Crippen LogP contribution >= 0.6 is 0 Å². The Labute approximate surface area is 118 Å². The first-order chi connectivity index (χ1) is 9.40. The summed E-state index contributed by atoms with van der Waals surface area (Å²) in [6.45, 7) is 2.41. The first-order valence-electron chi connectivity index (χ1n) is 6.17. The number of aryl methyl sites for hydroxylation is 2. The van der Waals surface area contributed by atoms with Crippen molar-refractivity contribution in [2.45, 2.75) is 24.8 Å². The molecule has 6 nitrogen and oxygen atoms in total. The van der Waals surface area contributed by atoms with Gasteiger partial charge in [0.15, 0.2) is 0 Å². The molecule has 0 unspecified atom stereocenters. The van der Waals surface area contributed by atoms with Crippen LogP contribution in [-0.4, -0.2) is 18.2 Å². The Morgan fingerprint density at radius 3 is 2.45 bits per heavy atom. The van der Waals surface area contributed by atoms with Gasteiger partial charge in [-0.25, -0.2) is 13.6 Å². The zero-order valence-electron chi connectivity index (χ0n) is 11.4. The Morgan fingerprint density at radius 1 is 1.30 bits per heavy atom. The molecule has 0 spiro atoms. The standard InChI is InChI=1S/C13H17N3O3S/c1-3-10-8-11(16(2)15-10)9-19-12-4-6-13(7-5-12)20(14,17)18/h4-8H,3,9H2,1-2H3,(H2,14,17,18). The van der Waals surface area contributed by atoms with Gasteiger partial charge in [0.05, 0.1) is 16.3 Å². The van der Waals surface area contributed by atoms with Gasteiger partial charge in [-0.15, -0.1) is 0 Å². The van der Waals surface area contributed by atoms with Crippen LogP contribution in [0.3, 0.4) is 0 Å². The molecule has 0 saturated heterocycles. The second kappa shape index (κ2) is 5.64. The van der Waals surface area contributed by atoms with Crippen LogP contribution in [0.5, 0.6) is 5.75 Å². The second-order valence-corrected chi connectivity index (χ2v) is 5.97. The minimum atomic E-state index is -3.66. The van der Waals surface area contributed by atoms with Crippen molar-refractivity contribution >= 4 is 10.0 Å². The van der Waals surface area contributed by atoms with Crippen molar-refractivity contribution in [1.29, 1.82) is 0 Å². The highest BCUT2D eigenvalue weighted by atomic mass is 32.2. The number of ether oxygens (including phenoxy) is 1. The third-order valence-electron chi connectivity index (χ3n) is 2.93. The minimum Gasteiger partial charge on any atom is -0.487 e. The Balaban J connectivity index is 2.05. The molecule has 2 N–H and O–H groups in total. The van der Waals surface area contributed by atoms with Crippen LogP contribution in [0.25, 0.3) is 0 Å². The fourth-order valence-electron chi connectivity index (χ4n) is 1.76. The van der Waals surface area contributed by atoms with E-state index in [4.69, 9.17) is 9.88 Å². The number of aromatic nitrogens is 2. The second-order valence-electron chi connectivity index (χ2n) is 4.41. The van der Waals surface area contributed by atoms with Crippen LogP contribution in [0.15, 0.2) is 35.2 Å². The summed E-state index contributed by atoms with van der Waals surface area (Å²) in [4.78, 5) is 0.0682. The Hall–Kier alpha value is -1.86. The zero-order valence-corrected chi connectivity index (χ0v) is 12.2. The van der Waals surface area contributed by atoms with E-state index in [0.29, 0.717) is 12.4 Å². The topological polar surface area (TPSA) is 87.2 Å². The number of nitrogens with zero attached hydrogens (tertiary/aromatic N) is 2. The molecule has 0 bridgehead atoms. The first-order valence-corrected chi connectivity index (χ1v) is 7.72. The molecule has 0 radical (unpaired) electrons. The molecule has 0 aliphatic rings. The van der Waals surface area contributed by atoms with E-state index in [1.54, 1.807) is 16.8 Å². The van der Waals surface area contributed by atoms with E-state index in [-0.39, 0.29) is 4.90 Å². The summed E-state index contributed by atoms with van der Waals surface area (Å²) in [7, 11) is -1.80. The highest BCUT2D eigenvalue weighted by Gasteiger charge is 2.08. The number of sulfonamides is 1. The van der Waals surface area contributed by atoms with Crippen molar-refractivity contribution in [2.75, 3.05) is 0 Å². The van der Waals surface area contributed by atoms with Gasteiger partial charge in [0.25, 0.3) is 0 Å². The van der Waals surface area contributed by atoms with Crippen LogP contribution < -0.4 is 9.88 Å². The normalized spacial score (nSPS) is 11.6. The number of hydrogen-bond donors (Lipinski definition) is 1. The molecule has 0 aliphatic heterocycles. The fourth-order valence-corrected chi connectivity index (χ4v) is 2.28. The molecular weight excluding hydrogens is 278 g/mol. The SMILES string of the molecule is CCc1cc(COc2ccc(S(N)(=O)=O)cc2)n(C)n1. The quantitative estimate of drug-likeness (QED) is 0.898. The van der Waals surface area contributed by atoms with E-state index in [1.165, 1.54) is 12.1 Å². The molecule has 2 aromatic rings. The Bertz CT molecular complexity index is 690. The molecule has 0 atom stereocenters. The van der Waals surface area contributed by atoms with E-state index in [0.717, 1.165) is 17.8 Å². The van der Waals surface area contributed by atoms with Gasteiger partial charge in [-0.05, 0) is 36.8 Å². The molecule has 108 valence electrons. The van der Waals surface area contributed by atoms with Crippen molar-refractivity contribution in [3.63, 3.8) is 0 Å². The summed E-state index contributed by atoms with van der Waals surface area (Å²) in [5, 5.41) is 9.36. The number of nitrogens with two attached hydrogens (primary N) is 1. The number of benzene rings is 1. The molecular formula is C13H17N3O3S. The van der Waals surface area contributed by atoms with Crippen molar-refractivity contribution < 1.29 is 13.2 Å². The summed E-state index contributed by atoms with van der Waals surface area (Å²) in [5.74, 6) is 0.580. The van der Waals surface area contributed by atoms with Crippen LogP contribution in [0.1, 0.15) is 18.3 Å². The van der Waals surface area contributed by atoms with E-state index in [9.17, 15) is 8.42 Å². The third kappa shape index (κ3) is 3.37. The van der Waals surface area contributed by atoms with Crippen LogP contribution in [0.4, 0.5) is 0 Å². The highest BCUT2D eigenvalue weighted by Crippen LogP contribution is 2.16. The third-order valence-corrected chi connectivity index (χ3v) is 3.86. The summed E-state index contributed by atoms with van der Waals surface area (Å²) in [5.41, 5.74) is 1.97. The van der Waals surface area contributed by atoms with Crippen LogP contribution in [-0.2, 0) is 30.1 Å². The van der Waals surface area contributed by atoms with Gasteiger partial charge < -0.3 is 4.74 Å². The number of rotatable bonds is 5. The predicted octanol–water partition coefficient (Wildman–Crippen LogP) is 1.21. The van der Waals surface area contributed by atoms with E-state index in [1.807, 2.05) is 20.0 Å². The van der Waals surface area contributed by atoms with Gasteiger partial charge in [0.2, 0.25) is 10.0 Å². The van der Waals surface area contributed by atoms with Gasteiger partial charge in [-0.1, -0.05) is 6.92 Å². The molecule has 0 amide bonds. The minimum absolute atomic E-state index is 0.0682. The van der Waals surface area contributed by atoms with Crippen LogP contribution in [0.2, 0.25) is 0 Å². The summed E-state index contributed by atoms with van der Waals surface area (Å²) < 4.78 is 29.6. The molecule has 2 rings (SSSR count). The molecule has 1 aromatic carbocycles. The van der Waals surface area contributed by atoms with Gasteiger partial charge in [0.1, 0.15) is 12.4 Å². The van der Waals surface area contributed by atoms with Crippen LogP contribution in [0, 0.1) is 0 Å². The lowest BCUT2D eigenvalue weighted by molar-refractivity contribution is 0.294. The van der Waals surface area contributed by atoms with Crippen molar-refractivity contribution in [3.05, 3.63) is 41.7 Å². The van der Waals surface area contributed by atoms with Crippen molar-refractivity contribution in [2.24, 2.45) is 12.2 Å². The molecule has 1 heterocycles. The summed E-state index contributed by atoms with van der Waals surface area (Å²) >= 11 is 0. The monoisotopic (exact) mass is 295 g/mol. The molecule has 0 saturated carbocycles. The molecule has 1 aromatic heterocycles. The lowest BCUT2D eigenvalue weighted by Crippen LogP contribution is -2.11. The van der Waals surface area contributed by atoms with Gasteiger partial charge >= 0.3 is 0 Å². The molecule has 20 heavy (non-hydrogen) atoms. The van der Waals surface area contributed by atoms with Gasteiger partial charge in [0, 0.05) is 7.05 Å². The predicted molar refractivity (Wildman–Crippen MR) is 74.7 cm³/mol. The fraction of sp³-hybridized carbons (Fsp3) is 0.308. The van der Waals surface area contributed by atoms with E-state index in [2.05, 4.69) is 5.10 Å². The van der Waals surface area contributed by atoms with E-state index >= 15 is 0 Å². The van der Waals surface area contributed by atoms with Gasteiger partial charge in [-0.2, -0.15) is 5.10 Å². The maximum absolute atomic E-state index is 11.1. The Kier molecular flexibility index (Phi) is 4.10. The highest BCUT2D eigenvalue weighted by molar-refractivity contribution is 7.89. The average Bonchev–Trinajstić information content (AvgIpc) is 2.76. The van der Waals surface area contributed by atoms with E-state index < -0.39 is 10.0 Å². The zero-order chi connectivity index (χ0) is 14.8. The van der Waals surface area contributed by atoms with Crippen molar-refractivity contribution in [3.8, 4) is 5.75 Å².